The average molecular weight is 303 g/mol. The van der Waals surface area contributed by atoms with E-state index in [-0.39, 0.29) is 19.0 Å². The van der Waals surface area contributed by atoms with E-state index < -0.39 is 11.7 Å². The Balaban J connectivity index is 1.91. The van der Waals surface area contributed by atoms with E-state index in [0.717, 1.165) is 0 Å². The fraction of sp³-hybridized carbons (Fsp3) is 0.400. The number of fused-ring (bicyclic) bond motifs is 1. The Bertz CT molecular complexity index is 710. The summed E-state index contributed by atoms with van der Waals surface area (Å²) in [6.07, 6.45) is -0.515. The summed E-state index contributed by atoms with van der Waals surface area (Å²) in [6.45, 7) is 5.79. The Morgan fingerprint density at radius 3 is 2.91 bits per heavy atom. The van der Waals surface area contributed by atoms with Crippen LogP contribution >= 0.6 is 0 Å². The van der Waals surface area contributed by atoms with Crippen molar-refractivity contribution in [2.24, 2.45) is 0 Å². The highest BCUT2D eigenvalue weighted by atomic mass is 16.6. The third-order valence-electron chi connectivity index (χ3n) is 2.60. The van der Waals surface area contributed by atoms with E-state index in [1.807, 2.05) is 0 Å². The Kier molecular flexibility index (Phi) is 4.51. The number of amides is 1. The number of carbonyl (C=O) groups excluding carboxylic acids is 1. The topological polar surface area (TPSA) is 97.4 Å². The molecule has 0 unspecified atom stereocenters. The lowest BCUT2D eigenvalue weighted by Gasteiger charge is -2.19. The van der Waals surface area contributed by atoms with Crippen LogP contribution in [0.3, 0.4) is 0 Å². The van der Waals surface area contributed by atoms with Gasteiger partial charge in [-0.25, -0.2) is 4.79 Å². The number of hydrogen-bond acceptors (Lipinski definition) is 6. The van der Waals surface area contributed by atoms with E-state index in [1.54, 1.807) is 39.0 Å². The molecule has 0 aliphatic carbocycles. The van der Waals surface area contributed by atoms with Gasteiger partial charge in [-0.3, -0.25) is 0 Å². The lowest BCUT2D eigenvalue weighted by Crippen LogP contribution is -2.34. The molecule has 1 heterocycles. The average Bonchev–Trinajstić information content (AvgIpc) is 2.85. The van der Waals surface area contributed by atoms with Crippen LogP contribution in [0.2, 0.25) is 0 Å². The van der Waals surface area contributed by atoms with Crippen molar-refractivity contribution in [2.75, 3.05) is 13.2 Å². The molecule has 0 spiro atoms. The number of alkyl carbamates (subject to hydrolysis) is 1. The fourth-order valence-electron chi connectivity index (χ4n) is 1.77. The van der Waals surface area contributed by atoms with Crippen LogP contribution in [0, 0.1) is 11.3 Å². The van der Waals surface area contributed by atoms with E-state index >= 15 is 0 Å². The number of aromatic nitrogens is 1. The minimum atomic E-state index is -0.547. The van der Waals surface area contributed by atoms with Crippen molar-refractivity contribution in [2.45, 2.75) is 26.4 Å². The lowest BCUT2D eigenvalue weighted by molar-refractivity contribution is 0.0520. The van der Waals surface area contributed by atoms with Gasteiger partial charge in [0.2, 0.25) is 0 Å². The zero-order valence-electron chi connectivity index (χ0n) is 12.7. The molecule has 1 N–H and O–H groups in total. The Morgan fingerprint density at radius 2 is 2.23 bits per heavy atom. The molecule has 2 aromatic rings. The molecule has 0 bridgehead atoms. The van der Waals surface area contributed by atoms with Crippen LogP contribution < -0.4 is 10.1 Å². The largest absolute Gasteiger partial charge is 0.473 e. The summed E-state index contributed by atoms with van der Waals surface area (Å²) in [7, 11) is 0. The number of nitriles is 1. The van der Waals surface area contributed by atoms with E-state index in [4.69, 9.17) is 19.3 Å². The summed E-state index contributed by atoms with van der Waals surface area (Å²) >= 11 is 0. The first-order valence-electron chi connectivity index (χ1n) is 6.79. The third-order valence-corrected chi connectivity index (χ3v) is 2.60. The molecular weight excluding hydrogens is 286 g/mol. The molecule has 0 aliphatic heterocycles. The van der Waals surface area contributed by atoms with Crippen LogP contribution in [-0.2, 0) is 4.74 Å². The maximum Gasteiger partial charge on any atom is 0.407 e. The van der Waals surface area contributed by atoms with Crippen LogP contribution in [0.25, 0.3) is 11.0 Å². The van der Waals surface area contributed by atoms with Gasteiger partial charge < -0.3 is 19.3 Å². The minimum absolute atomic E-state index is 0.181. The number of hydrogen-bond donors (Lipinski definition) is 1. The number of nitrogens with one attached hydrogen (secondary N) is 1. The molecule has 7 heteroatoms. The van der Waals surface area contributed by atoms with E-state index in [1.165, 1.54) is 0 Å². The molecule has 7 nitrogen and oxygen atoms in total. The molecule has 0 atom stereocenters. The highest BCUT2D eigenvalue weighted by Crippen LogP contribution is 2.27. The summed E-state index contributed by atoms with van der Waals surface area (Å²) in [5.74, 6) is 0.234. The second-order valence-electron chi connectivity index (χ2n) is 5.56. The zero-order valence-corrected chi connectivity index (χ0v) is 12.7. The minimum Gasteiger partial charge on any atom is -0.473 e. The van der Waals surface area contributed by atoms with Gasteiger partial charge in [-0.05, 0) is 38.1 Å². The SMILES string of the molecule is CC(C)(C)OC(=O)NCCOc1noc2cccc(C#N)c12. The van der Waals surface area contributed by atoms with Gasteiger partial charge in [0.15, 0.2) is 5.58 Å². The standard InChI is InChI=1S/C15H17N3O4/c1-15(2,3)21-14(19)17-7-8-20-13-12-10(9-16)5-4-6-11(12)22-18-13/h4-6H,7-8H2,1-3H3,(H,17,19). The van der Waals surface area contributed by atoms with Gasteiger partial charge in [0.1, 0.15) is 23.7 Å². The highest BCUT2D eigenvalue weighted by Gasteiger charge is 2.16. The summed E-state index contributed by atoms with van der Waals surface area (Å²) in [4.78, 5) is 11.5. The molecule has 1 aromatic heterocycles. The molecule has 22 heavy (non-hydrogen) atoms. The normalized spacial score (nSPS) is 11.0. The van der Waals surface area contributed by atoms with Crippen LogP contribution in [0.15, 0.2) is 22.7 Å². The van der Waals surface area contributed by atoms with Gasteiger partial charge in [-0.2, -0.15) is 5.26 Å². The molecule has 116 valence electrons. The first-order chi connectivity index (χ1) is 10.4. The number of ether oxygens (including phenoxy) is 2. The molecular formula is C15H17N3O4. The summed E-state index contributed by atoms with van der Waals surface area (Å²) in [6, 6.07) is 7.13. The smallest absolute Gasteiger partial charge is 0.407 e. The molecule has 0 aliphatic rings. The van der Waals surface area contributed by atoms with Gasteiger partial charge in [-0.1, -0.05) is 6.07 Å². The Labute approximate surface area is 127 Å². The molecule has 1 amide bonds. The summed E-state index contributed by atoms with van der Waals surface area (Å²) in [5, 5.41) is 16.0. The van der Waals surface area contributed by atoms with Gasteiger partial charge in [-0.15, -0.1) is 0 Å². The van der Waals surface area contributed by atoms with Crippen LogP contribution in [0.1, 0.15) is 26.3 Å². The second-order valence-corrected chi connectivity index (χ2v) is 5.56. The van der Waals surface area contributed by atoms with Gasteiger partial charge in [0.05, 0.1) is 12.1 Å². The number of nitrogens with zero attached hydrogens (tertiary/aromatic N) is 2. The van der Waals surface area contributed by atoms with Crippen LogP contribution in [0.5, 0.6) is 5.88 Å². The van der Waals surface area contributed by atoms with Crippen molar-refractivity contribution in [1.82, 2.24) is 10.5 Å². The molecule has 0 radical (unpaired) electrons. The van der Waals surface area contributed by atoms with E-state index in [2.05, 4.69) is 16.5 Å². The zero-order chi connectivity index (χ0) is 16.2. The van der Waals surface area contributed by atoms with Crippen molar-refractivity contribution in [3.63, 3.8) is 0 Å². The highest BCUT2D eigenvalue weighted by molar-refractivity contribution is 5.87. The van der Waals surface area contributed by atoms with E-state index in [0.29, 0.717) is 16.5 Å². The first kappa shape index (κ1) is 15.6. The number of rotatable bonds is 4. The van der Waals surface area contributed by atoms with Gasteiger partial charge in [0.25, 0.3) is 5.88 Å². The van der Waals surface area contributed by atoms with Gasteiger partial charge >= 0.3 is 6.09 Å². The molecule has 0 saturated heterocycles. The molecule has 0 fully saturated rings. The molecule has 1 aromatic carbocycles. The maximum absolute atomic E-state index is 11.5. The van der Waals surface area contributed by atoms with Gasteiger partial charge in [0, 0.05) is 0 Å². The van der Waals surface area contributed by atoms with Crippen molar-refractivity contribution < 1.29 is 18.8 Å². The van der Waals surface area contributed by atoms with Crippen LogP contribution in [-0.4, -0.2) is 30.0 Å². The van der Waals surface area contributed by atoms with Crippen molar-refractivity contribution in [3.05, 3.63) is 23.8 Å². The quantitative estimate of drug-likeness (QED) is 0.872. The third kappa shape index (κ3) is 3.88. The molecule has 0 saturated carbocycles. The van der Waals surface area contributed by atoms with Crippen molar-refractivity contribution in [3.8, 4) is 11.9 Å². The first-order valence-corrected chi connectivity index (χ1v) is 6.79. The Morgan fingerprint density at radius 1 is 1.45 bits per heavy atom. The Hall–Kier alpha value is -2.75. The van der Waals surface area contributed by atoms with E-state index in [9.17, 15) is 4.79 Å². The predicted octanol–water partition coefficient (Wildman–Crippen LogP) is 2.60. The fourth-order valence-corrected chi connectivity index (χ4v) is 1.77. The molecule has 2 rings (SSSR count). The number of carbonyl (C=O) groups is 1. The number of benzene rings is 1. The second kappa shape index (κ2) is 6.35. The van der Waals surface area contributed by atoms with Crippen molar-refractivity contribution >= 4 is 17.1 Å². The van der Waals surface area contributed by atoms with Crippen molar-refractivity contribution in [1.29, 1.82) is 5.26 Å². The summed E-state index contributed by atoms with van der Waals surface area (Å²) < 4.78 is 15.7. The maximum atomic E-state index is 11.5. The lowest BCUT2D eigenvalue weighted by atomic mass is 10.1. The predicted molar refractivity (Wildman–Crippen MR) is 78.5 cm³/mol. The van der Waals surface area contributed by atoms with Crippen LogP contribution in [0.4, 0.5) is 4.79 Å². The monoisotopic (exact) mass is 303 g/mol. The summed E-state index contributed by atoms with van der Waals surface area (Å²) in [5.41, 5.74) is 0.359.